The predicted octanol–water partition coefficient (Wildman–Crippen LogP) is 1.96. The number of piperidine rings is 1. The van der Waals surface area contributed by atoms with E-state index < -0.39 is 0 Å². The van der Waals surface area contributed by atoms with Crippen molar-refractivity contribution in [3.8, 4) is 0 Å². The number of amides is 1. The first-order valence-corrected chi connectivity index (χ1v) is 7.74. The maximum Gasteiger partial charge on any atom is 0.267 e. The fourth-order valence-electron chi connectivity index (χ4n) is 3.15. The molecule has 0 unspecified atom stereocenters. The molecule has 2 aromatic rings. The number of nitrogens with one attached hydrogen (secondary N) is 2. The van der Waals surface area contributed by atoms with Crippen LogP contribution in [0, 0.1) is 6.92 Å². The second-order valence-corrected chi connectivity index (χ2v) is 5.95. The van der Waals surface area contributed by atoms with Gasteiger partial charge in [-0.15, -0.1) is 0 Å². The Balaban J connectivity index is 1.69. The van der Waals surface area contributed by atoms with Crippen LogP contribution in [0.2, 0.25) is 0 Å². The number of nitrogens with zero attached hydrogens (tertiary/aromatic N) is 1. The molecule has 0 radical (unpaired) electrons. The van der Waals surface area contributed by atoms with E-state index in [9.17, 15) is 9.59 Å². The van der Waals surface area contributed by atoms with Gasteiger partial charge in [0.2, 0.25) is 5.91 Å². The molecule has 0 spiro atoms. The minimum absolute atomic E-state index is 0.0360. The molecule has 0 aliphatic carbocycles. The quantitative estimate of drug-likeness (QED) is 0.909. The van der Waals surface area contributed by atoms with Crippen molar-refractivity contribution in [3.05, 3.63) is 57.5 Å². The van der Waals surface area contributed by atoms with Crippen LogP contribution in [0.5, 0.6) is 0 Å². The largest absolute Gasteiger partial charge is 0.342 e. The summed E-state index contributed by atoms with van der Waals surface area (Å²) in [4.78, 5) is 26.1. The molecule has 2 N–H and O–H groups in total. The highest BCUT2D eigenvalue weighted by atomic mass is 16.2. The molecular formula is C17H21N3O2. The SMILES string of the molecule is Cc1[nH][nH]c(=O)c1CC(=O)N1CCC[C@H](c2ccccc2)C1. The maximum absolute atomic E-state index is 12.5. The fourth-order valence-corrected chi connectivity index (χ4v) is 3.15. The molecule has 22 heavy (non-hydrogen) atoms. The summed E-state index contributed by atoms with van der Waals surface area (Å²) in [7, 11) is 0. The highest BCUT2D eigenvalue weighted by Gasteiger charge is 2.25. The predicted molar refractivity (Wildman–Crippen MR) is 84.9 cm³/mol. The Hall–Kier alpha value is -2.30. The van der Waals surface area contributed by atoms with E-state index >= 15 is 0 Å². The number of hydrogen-bond acceptors (Lipinski definition) is 2. The summed E-state index contributed by atoms with van der Waals surface area (Å²) < 4.78 is 0. The lowest BCUT2D eigenvalue weighted by molar-refractivity contribution is -0.131. The molecule has 116 valence electrons. The number of likely N-dealkylation sites (tertiary alicyclic amines) is 1. The molecule has 0 saturated carbocycles. The van der Waals surface area contributed by atoms with Gasteiger partial charge in [0.15, 0.2) is 0 Å². The van der Waals surface area contributed by atoms with Gasteiger partial charge >= 0.3 is 0 Å². The molecule has 0 bridgehead atoms. The van der Waals surface area contributed by atoms with Gasteiger partial charge in [0.1, 0.15) is 0 Å². The van der Waals surface area contributed by atoms with E-state index in [-0.39, 0.29) is 17.9 Å². The van der Waals surface area contributed by atoms with E-state index in [1.54, 1.807) is 0 Å². The monoisotopic (exact) mass is 299 g/mol. The van der Waals surface area contributed by atoms with Gasteiger partial charge in [0.05, 0.1) is 6.42 Å². The molecular weight excluding hydrogens is 278 g/mol. The van der Waals surface area contributed by atoms with Crippen molar-refractivity contribution in [1.29, 1.82) is 0 Å². The molecule has 1 atom stereocenters. The van der Waals surface area contributed by atoms with Crippen molar-refractivity contribution in [3.63, 3.8) is 0 Å². The number of hydrogen-bond donors (Lipinski definition) is 2. The van der Waals surface area contributed by atoms with Gasteiger partial charge in [-0.05, 0) is 25.3 Å². The molecule has 1 aromatic heterocycles. The minimum Gasteiger partial charge on any atom is -0.342 e. The molecule has 5 heteroatoms. The van der Waals surface area contributed by atoms with Crippen molar-refractivity contribution in [2.24, 2.45) is 0 Å². The van der Waals surface area contributed by atoms with Crippen molar-refractivity contribution in [1.82, 2.24) is 15.1 Å². The summed E-state index contributed by atoms with van der Waals surface area (Å²) in [6.07, 6.45) is 2.29. The number of carbonyl (C=O) groups is 1. The first-order chi connectivity index (χ1) is 10.6. The van der Waals surface area contributed by atoms with Crippen molar-refractivity contribution in [2.45, 2.75) is 32.1 Å². The number of rotatable bonds is 3. The first-order valence-electron chi connectivity index (χ1n) is 7.74. The standard InChI is InChI=1S/C17H21N3O2/c1-12-15(17(22)19-18-12)10-16(21)20-9-5-8-14(11-20)13-6-3-2-4-7-13/h2-4,6-7,14H,5,8-11H2,1H3,(H2,18,19,22)/t14-/m0/s1. The zero-order chi connectivity index (χ0) is 15.5. The number of aromatic amines is 2. The Morgan fingerprint density at radius 3 is 2.73 bits per heavy atom. The molecule has 1 fully saturated rings. The third-order valence-electron chi connectivity index (χ3n) is 4.46. The van der Waals surface area contributed by atoms with E-state index in [2.05, 4.69) is 22.3 Å². The second-order valence-electron chi connectivity index (χ2n) is 5.95. The van der Waals surface area contributed by atoms with E-state index in [1.165, 1.54) is 5.56 Å². The number of carbonyl (C=O) groups excluding carboxylic acids is 1. The van der Waals surface area contributed by atoms with Crippen LogP contribution in [-0.4, -0.2) is 34.1 Å². The van der Waals surface area contributed by atoms with Gasteiger partial charge in [0.25, 0.3) is 5.56 Å². The normalized spacial score (nSPS) is 18.4. The van der Waals surface area contributed by atoms with Crippen LogP contribution >= 0.6 is 0 Å². The van der Waals surface area contributed by atoms with Crippen molar-refractivity contribution >= 4 is 5.91 Å². The van der Waals surface area contributed by atoms with E-state index in [0.717, 1.165) is 31.6 Å². The zero-order valence-corrected chi connectivity index (χ0v) is 12.8. The minimum atomic E-state index is -0.192. The lowest BCUT2D eigenvalue weighted by Crippen LogP contribution is -2.40. The summed E-state index contributed by atoms with van der Waals surface area (Å²) >= 11 is 0. The van der Waals surface area contributed by atoms with Crippen LogP contribution in [0.3, 0.4) is 0 Å². The average molecular weight is 299 g/mol. The molecule has 1 aliphatic heterocycles. The van der Waals surface area contributed by atoms with Crippen LogP contribution in [0.4, 0.5) is 0 Å². The van der Waals surface area contributed by atoms with Crippen molar-refractivity contribution in [2.75, 3.05) is 13.1 Å². The Morgan fingerprint density at radius 2 is 2.05 bits per heavy atom. The molecule has 1 saturated heterocycles. The number of H-pyrrole nitrogens is 2. The summed E-state index contributed by atoms with van der Waals surface area (Å²) in [5, 5.41) is 5.30. The van der Waals surface area contributed by atoms with Gasteiger partial charge in [-0.2, -0.15) is 0 Å². The third kappa shape index (κ3) is 2.98. The summed E-state index contributed by atoms with van der Waals surface area (Å²) in [5.74, 6) is 0.429. The molecule has 1 amide bonds. The zero-order valence-electron chi connectivity index (χ0n) is 12.8. The van der Waals surface area contributed by atoms with Crippen LogP contribution in [0.15, 0.2) is 35.1 Å². The molecule has 3 rings (SSSR count). The van der Waals surface area contributed by atoms with E-state index in [1.807, 2.05) is 30.0 Å². The molecule has 2 heterocycles. The topological polar surface area (TPSA) is 69.0 Å². The van der Waals surface area contributed by atoms with Gasteiger partial charge in [-0.3, -0.25) is 14.7 Å². The van der Waals surface area contributed by atoms with Crippen LogP contribution in [0.25, 0.3) is 0 Å². The Bertz CT molecular complexity index is 702. The van der Waals surface area contributed by atoms with Crippen LogP contribution in [0.1, 0.15) is 35.6 Å². The number of aryl methyl sites for hydroxylation is 1. The Kier molecular flexibility index (Phi) is 4.13. The molecule has 1 aromatic carbocycles. The first kappa shape index (κ1) is 14.6. The summed E-state index contributed by atoms with van der Waals surface area (Å²) in [6.45, 7) is 3.33. The Morgan fingerprint density at radius 1 is 1.27 bits per heavy atom. The van der Waals surface area contributed by atoms with Crippen LogP contribution < -0.4 is 5.56 Å². The lowest BCUT2D eigenvalue weighted by Gasteiger charge is -2.33. The molecule has 1 aliphatic rings. The Labute approximate surface area is 129 Å². The fraction of sp³-hybridized carbons (Fsp3) is 0.412. The average Bonchev–Trinajstić information content (AvgIpc) is 2.88. The summed E-state index contributed by atoms with van der Waals surface area (Å²) in [5.41, 5.74) is 2.39. The highest BCUT2D eigenvalue weighted by molar-refractivity contribution is 5.79. The summed E-state index contributed by atoms with van der Waals surface area (Å²) in [6, 6.07) is 10.3. The highest BCUT2D eigenvalue weighted by Crippen LogP contribution is 2.26. The van der Waals surface area contributed by atoms with Crippen LogP contribution in [-0.2, 0) is 11.2 Å². The van der Waals surface area contributed by atoms with E-state index in [4.69, 9.17) is 0 Å². The van der Waals surface area contributed by atoms with Gasteiger partial charge in [-0.1, -0.05) is 30.3 Å². The number of benzene rings is 1. The molecule has 5 nitrogen and oxygen atoms in total. The smallest absolute Gasteiger partial charge is 0.267 e. The van der Waals surface area contributed by atoms with Gasteiger partial charge < -0.3 is 10.00 Å². The number of aromatic nitrogens is 2. The van der Waals surface area contributed by atoms with Gasteiger partial charge in [-0.25, -0.2) is 0 Å². The van der Waals surface area contributed by atoms with Gasteiger partial charge in [0, 0.05) is 30.3 Å². The van der Waals surface area contributed by atoms with Crippen molar-refractivity contribution < 1.29 is 4.79 Å². The second kappa shape index (κ2) is 6.22. The van der Waals surface area contributed by atoms with E-state index in [0.29, 0.717) is 11.5 Å². The lowest BCUT2D eigenvalue weighted by atomic mass is 9.90. The maximum atomic E-state index is 12.5. The third-order valence-corrected chi connectivity index (χ3v) is 4.46.